The van der Waals surface area contributed by atoms with Gasteiger partial charge in [0.15, 0.2) is 0 Å². The molecule has 0 aliphatic carbocycles. The van der Waals surface area contributed by atoms with Crippen LogP contribution >= 0.6 is 0 Å². The molecule has 0 bridgehead atoms. The minimum atomic E-state index is -1.20. The van der Waals surface area contributed by atoms with Crippen molar-refractivity contribution < 1.29 is 24.2 Å². The lowest BCUT2D eigenvalue weighted by molar-refractivity contribution is -0.148. The lowest BCUT2D eigenvalue weighted by atomic mass is 10.2. The largest absolute Gasteiger partial charge is 0.481 e. The van der Waals surface area contributed by atoms with Gasteiger partial charge in [0, 0.05) is 0 Å². The van der Waals surface area contributed by atoms with Crippen LogP contribution in [0, 0.1) is 0 Å². The smallest absolute Gasteiger partial charge is 0.328 e. The fourth-order valence-corrected chi connectivity index (χ4v) is 1.51. The lowest BCUT2D eigenvalue weighted by Gasteiger charge is -2.16. The maximum absolute atomic E-state index is 11.7. The van der Waals surface area contributed by atoms with Gasteiger partial charge in [-0.1, -0.05) is 30.3 Å². The molecule has 21 heavy (non-hydrogen) atoms. The number of nitrogens with one attached hydrogen (secondary N) is 1. The van der Waals surface area contributed by atoms with E-state index in [0.717, 1.165) is 5.56 Å². The van der Waals surface area contributed by atoms with E-state index in [9.17, 15) is 14.4 Å². The van der Waals surface area contributed by atoms with Crippen molar-refractivity contribution in [1.82, 2.24) is 5.32 Å². The Labute approximate surface area is 122 Å². The van der Waals surface area contributed by atoms with E-state index >= 15 is 0 Å². The molecule has 0 aliphatic heterocycles. The Morgan fingerprint density at radius 2 is 1.90 bits per heavy atom. The molecule has 0 heterocycles. The molecule has 0 spiro atoms. The highest BCUT2D eigenvalue weighted by Gasteiger charge is 2.22. The molecular formula is C14H18N2O5. The molecule has 0 fully saturated rings. The minimum Gasteiger partial charge on any atom is -0.481 e. The fraction of sp³-hybridized carbons (Fsp3) is 0.357. The second-order valence-corrected chi connectivity index (χ2v) is 4.53. The molecular weight excluding hydrogens is 276 g/mol. The summed E-state index contributed by atoms with van der Waals surface area (Å²) in [7, 11) is 0. The quantitative estimate of drug-likeness (QED) is 0.611. The van der Waals surface area contributed by atoms with Gasteiger partial charge in [0.1, 0.15) is 12.6 Å². The van der Waals surface area contributed by atoms with Crippen LogP contribution in [-0.2, 0) is 25.7 Å². The van der Waals surface area contributed by atoms with Crippen LogP contribution in [0.25, 0.3) is 0 Å². The predicted octanol–water partition coefficient (Wildman–Crippen LogP) is 0.0365. The summed E-state index contributed by atoms with van der Waals surface area (Å²) in [5, 5.41) is 10.9. The third-order valence-corrected chi connectivity index (χ3v) is 2.67. The molecule has 0 saturated carbocycles. The van der Waals surface area contributed by atoms with E-state index in [1.165, 1.54) is 6.92 Å². The highest BCUT2D eigenvalue weighted by Crippen LogP contribution is 2.02. The van der Waals surface area contributed by atoms with E-state index in [2.05, 4.69) is 5.32 Å². The maximum Gasteiger partial charge on any atom is 0.328 e. The summed E-state index contributed by atoms with van der Waals surface area (Å²) in [6.07, 6.45) is -0.502. The summed E-state index contributed by atoms with van der Waals surface area (Å²) in [6.45, 7) is 1.54. The number of carboxylic acid groups (broad SMARTS) is 1. The number of carboxylic acids is 1. The molecule has 114 valence electrons. The molecule has 1 rings (SSSR count). The third kappa shape index (κ3) is 6.05. The Balaban J connectivity index is 2.40. The monoisotopic (exact) mass is 294 g/mol. The Kier molecular flexibility index (Phi) is 6.35. The zero-order chi connectivity index (χ0) is 15.8. The first-order valence-corrected chi connectivity index (χ1v) is 6.38. The maximum atomic E-state index is 11.7. The standard InChI is InChI=1S/C14H18N2O5/c1-9(16-13(19)11(15)7-12(17)18)14(20)21-8-10-5-3-2-4-6-10/h2-6,9,11H,7-8,15H2,1H3,(H,16,19)(H,17,18)/t9-,11+/m0/s1. The van der Waals surface area contributed by atoms with Crippen LogP contribution in [0.2, 0.25) is 0 Å². The Hall–Kier alpha value is -2.41. The zero-order valence-corrected chi connectivity index (χ0v) is 11.6. The van der Waals surface area contributed by atoms with Crippen molar-refractivity contribution in [1.29, 1.82) is 0 Å². The number of amides is 1. The van der Waals surface area contributed by atoms with Crippen molar-refractivity contribution >= 4 is 17.8 Å². The summed E-state index contributed by atoms with van der Waals surface area (Å²) in [4.78, 5) is 33.7. The molecule has 1 aromatic rings. The third-order valence-electron chi connectivity index (χ3n) is 2.67. The van der Waals surface area contributed by atoms with E-state index in [-0.39, 0.29) is 6.61 Å². The molecule has 7 heteroatoms. The molecule has 4 N–H and O–H groups in total. The SMILES string of the molecule is C[C@H](NC(=O)[C@H](N)CC(=O)O)C(=O)OCc1ccccc1. The number of benzene rings is 1. The molecule has 7 nitrogen and oxygen atoms in total. The van der Waals surface area contributed by atoms with Gasteiger partial charge in [-0.3, -0.25) is 9.59 Å². The molecule has 1 amide bonds. The van der Waals surface area contributed by atoms with Gasteiger partial charge in [-0.15, -0.1) is 0 Å². The highest BCUT2D eigenvalue weighted by atomic mass is 16.5. The second-order valence-electron chi connectivity index (χ2n) is 4.53. The molecule has 0 aliphatic rings. The number of rotatable bonds is 7. The topological polar surface area (TPSA) is 119 Å². The fourth-order valence-electron chi connectivity index (χ4n) is 1.51. The number of hydrogen-bond acceptors (Lipinski definition) is 5. The van der Waals surface area contributed by atoms with Crippen LogP contribution in [0.1, 0.15) is 18.9 Å². The Morgan fingerprint density at radius 1 is 1.29 bits per heavy atom. The van der Waals surface area contributed by atoms with Crippen LogP contribution in [0.5, 0.6) is 0 Å². The summed E-state index contributed by atoms with van der Waals surface area (Å²) >= 11 is 0. The van der Waals surface area contributed by atoms with Crippen molar-refractivity contribution in [3.8, 4) is 0 Å². The van der Waals surface area contributed by atoms with Gasteiger partial charge in [-0.2, -0.15) is 0 Å². The number of esters is 1. The van der Waals surface area contributed by atoms with Crippen molar-refractivity contribution in [2.45, 2.75) is 32.0 Å². The van der Waals surface area contributed by atoms with Crippen molar-refractivity contribution in [3.63, 3.8) is 0 Å². The Bertz CT molecular complexity index is 503. The molecule has 2 atom stereocenters. The highest BCUT2D eigenvalue weighted by molar-refractivity contribution is 5.89. The number of carbonyl (C=O) groups excluding carboxylic acids is 2. The van der Waals surface area contributed by atoms with Crippen LogP contribution in [0.4, 0.5) is 0 Å². The average molecular weight is 294 g/mol. The summed E-state index contributed by atoms with van der Waals surface area (Å²) in [6, 6.07) is 6.99. The van der Waals surface area contributed by atoms with Gasteiger partial charge in [-0.05, 0) is 12.5 Å². The van der Waals surface area contributed by atoms with Crippen molar-refractivity contribution in [2.24, 2.45) is 5.73 Å². The number of aliphatic carboxylic acids is 1. The summed E-state index contributed by atoms with van der Waals surface area (Å²) in [5.74, 6) is -2.51. The molecule has 0 unspecified atom stereocenters. The zero-order valence-electron chi connectivity index (χ0n) is 11.6. The minimum absolute atomic E-state index is 0.0983. The molecule has 0 aromatic heterocycles. The molecule has 0 saturated heterocycles. The van der Waals surface area contributed by atoms with E-state index in [0.29, 0.717) is 0 Å². The number of hydrogen-bond donors (Lipinski definition) is 3. The van der Waals surface area contributed by atoms with E-state index < -0.39 is 36.4 Å². The number of carbonyl (C=O) groups is 3. The first-order chi connectivity index (χ1) is 9.90. The summed E-state index contributed by atoms with van der Waals surface area (Å²) in [5.41, 5.74) is 6.21. The van der Waals surface area contributed by atoms with E-state index in [1.807, 2.05) is 18.2 Å². The molecule has 0 radical (unpaired) electrons. The van der Waals surface area contributed by atoms with Gasteiger partial charge in [-0.25, -0.2) is 4.79 Å². The Morgan fingerprint density at radius 3 is 2.48 bits per heavy atom. The van der Waals surface area contributed by atoms with E-state index in [1.54, 1.807) is 12.1 Å². The predicted molar refractivity (Wildman–Crippen MR) is 74.1 cm³/mol. The van der Waals surface area contributed by atoms with Gasteiger partial charge >= 0.3 is 11.9 Å². The van der Waals surface area contributed by atoms with Crippen LogP contribution in [-0.4, -0.2) is 35.0 Å². The average Bonchev–Trinajstić information content (AvgIpc) is 2.44. The number of ether oxygens (including phenoxy) is 1. The van der Waals surface area contributed by atoms with Crippen LogP contribution < -0.4 is 11.1 Å². The number of nitrogens with two attached hydrogens (primary N) is 1. The van der Waals surface area contributed by atoms with Gasteiger partial charge < -0.3 is 20.9 Å². The first-order valence-electron chi connectivity index (χ1n) is 6.38. The second kappa shape index (κ2) is 8.01. The lowest BCUT2D eigenvalue weighted by Crippen LogP contribution is -2.48. The van der Waals surface area contributed by atoms with Crippen LogP contribution in [0.15, 0.2) is 30.3 Å². The van der Waals surface area contributed by atoms with Crippen molar-refractivity contribution in [2.75, 3.05) is 0 Å². The van der Waals surface area contributed by atoms with Gasteiger partial charge in [0.25, 0.3) is 0 Å². The van der Waals surface area contributed by atoms with Crippen LogP contribution in [0.3, 0.4) is 0 Å². The summed E-state index contributed by atoms with van der Waals surface area (Å²) < 4.78 is 5.04. The molecule has 1 aromatic carbocycles. The van der Waals surface area contributed by atoms with Gasteiger partial charge in [0.05, 0.1) is 12.5 Å². The van der Waals surface area contributed by atoms with Gasteiger partial charge in [0.2, 0.25) is 5.91 Å². The normalized spacial score (nSPS) is 13.0. The van der Waals surface area contributed by atoms with E-state index in [4.69, 9.17) is 15.6 Å². The first kappa shape index (κ1) is 16.6. The van der Waals surface area contributed by atoms with Crippen molar-refractivity contribution in [3.05, 3.63) is 35.9 Å².